The predicted molar refractivity (Wildman–Crippen MR) is 81.7 cm³/mol. The van der Waals surface area contributed by atoms with E-state index in [4.69, 9.17) is 0 Å². The van der Waals surface area contributed by atoms with Gasteiger partial charge in [0.15, 0.2) is 0 Å². The van der Waals surface area contributed by atoms with Crippen molar-refractivity contribution in [2.75, 3.05) is 19.1 Å². The number of nitrogens with one attached hydrogen (secondary N) is 1. The summed E-state index contributed by atoms with van der Waals surface area (Å²) in [5.74, 6) is -1.37. The van der Waals surface area contributed by atoms with Gasteiger partial charge in [-0.2, -0.15) is 0 Å². The second-order valence-corrected chi connectivity index (χ2v) is 7.65. The maximum Gasteiger partial charge on any atom is 0.328 e. The summed E-state index contributed by atoms with van der Waals surface area (Å²) < 4.78 is 27.7. The summed E-state index contributed by atoms with van der Waals surface area (Å²) in [4.78, 5) is 23.7. The van der Waals surface area contributed by atoms with E-state index in [0.29, 0.717) is 5.56 Å². The van der Waals surface area contributed by atoms with Gasteiger partial charge in [0.25, 0.3) is 5.91 Å². The van der Waals surface area contributed by atoms with Gasteiger partial charge >= 0.3 is 5.97 Å². The fraction of sp³-hybridized carbons (Fsp3) is 0.385. The summed E-state index contributed by atoms with van der Waals surface area (Å²) in [7, 11) is -2.05. The van der Waals surface area contributed by atoms with Crippen LogP contribution >= 0.6 is 15.9 Å². The van der Waals surface area contributed by atoms with E-state index >= 15 is 0 Å². The van der Waals surface area contributed by atoms with Crippen LogP contribution in [0, 0.1) is 0 Å². The van der Waals surface area contributed by atoms with Crippen LogP contribution in [0.3, 0.4) is 0 Å². The van der Waals surface area contributed by atoms with Crippen LogP contribution in [0.5, 0.6) is 0 Å². The van der Waals surface area contributed by atoms with Crippen molar-refractivity contribution in [3.05, 3.63) is 34.3 Å². The Morgan fingerprint density at radius 3 is 2.57 bits per heavy atom. The molecule has 1 atom stereocenters. The normalized spacial score (nSPS) is 12.5. The predicted octanol–water partition coefficient (Wildman–Crippen LogP) is 1.16. The molecule has 0 saturated carbocycles. The quantitative estimate of drug-likeness (QED) is 0.751. The Morgan fingerprint density at radius 1 is 1.38 bits per heavy atom. The highest BCUT2D eigenvalue weighted by molar-refractivity contribution is 9.10. The molecule has 1 aromatic rings. The monoisotopic (exact) mass is 377 g/mol. The molecule has 0 fully saturated rings. The first-order chi connectivity index (χ1) is 9.73. The second-order valence-electron chi connectivity index (χ2n) is 4.48. The standard InChI is InChI=1S/C13H16BrNO5S/c1-20-13(17)11(6-7-21(2,18)19)15-12(16)9-4-3-5-10(14)8-9/h3-5,8,11H,6-7H2,1-2H3,(H,15,16). The number of carbonyl (C=O) groups is 2. The number of methoxy groups -OCH3 is 1. The van der Waals surface area contributed by atoms with Crippen LogP contribution in [-0.2, 0) is 19.4 Å². The second kappa shape index (κ2) is 7.56. The van der Waals surface area contributed by atoms with Crippen LogP contribution in [0.4, 0.5) is 0 Å². The van der Waals surface area contributed by atoms with E-state index in [-0.39, 0.29) is 12.2 Å². The minimum Gasteiger partial charge on any atom is -0.467 e. The number of sulfone groups is 1. The average Bonchev–Trinajstić information content (AvgIpc) is 2.41. The Bertz CT molecular complexity index is 629. The fourth-order valence-corrected chi connectivity index (χ4v) is 2.66. The van der Waals surface area contributed by atoms with Gasteiger partial charge in [-0.15, -0.1) is 0 Å². The van der Waals surface area contributed by atoms with Crippen LogP contribution in [0.1, 0.15) is 16.8 Å². The van der Waals surface area contributed by atoms with E-state index < -0.39 is 27.8 Å². The SMILES string of the molecule is COC(=O)C(CCS(C)(=O)=O)NC(=O)c1cccc(Br)c1. The Hall–Kier alpha value is -1.41. The van der Waals surface area contributed by atoms with Crippen LogP contribution in [0.25, 0.3) is 0 Å². The molecule has 0 aromatic heterocycles. The van der Waals surface area contributed by atoms with Gasteiger partial charge in [0.2, 0.25) is 0 Å². The molecular formula is C13H16BrNO5S. The minimum atomic E-state index is -3.23. The average molecular weight is 378 g/mol. The van der Waals surface area contributed by atoms with Crippen molar-refractivity contribution >= 4 is 37.6 Å². The number of halogens is 1. The lowest BCUT2D eigenvalue weighted by atomic mass is 10.1. The van der Waals surface area contributed by atoms with Crippen molar-refractivity contribution in [3.63, 3.8) is 0 Å². The summed E-state index contributed by atoms with van der Waals surface area (Å²) in [6.07, 6.45) is 1.03. The van der Waals surface area contributed by atoms with Crippen LogP contribution in [0.15, 0.2) is 28.7 Å². The van der Waals surface area contributed by atoms with Crippen molar-refractivity contribution in [3.8, 4) is 0 Å². The van der Waals surface area contributed by atoms with Gasteiger partial charge in [-0.25, -0.2) is 13.2 Å². The lowest BCUT2D eigenvalue weighted by molar-refractivity contribution is -0.142. The number of hydrogen-bond acceptors (Lipinski definition) is 5. The van der Waals surface area contributed by atoms with E-state index in [2.05, 4.69) is 26.0 Å². The van der Waals surface area contributed by atoms with Gasteiger partial charge in [0.1, 0.15) is 15.9 Å². The molecule has 1 unspecified atom stereocenters. The minimum absolute atomic E-state index is 0.0365. The molecule has 0 radical (unpaired) electrons. The lowest BCUT2D eigenvalue weighted by Gasteiger charge is -2.16. The van der Waals surface area contributed by atoms with Gasteiger partial charge in [-0.05, 0) is 24.6 Å². The van der Waals surface area contributed by atoms with E-state index in [1.54, 1.807) is 24.3 Å². The molecule has 1 N–H and O–H groups in total. The first-order valence-corrected chi connectivity index (χ1v) is 8.90. The molecular weight excluding hydrogens is 362 g/mol. The number of rotatable bonds is 6. The van der Waals surface area contributed by atoms with Gasteiger partial charge in [-0.1, -0.05) is 22.0 Å². The Balaban J connectivity index is 2.81. The van der Waals surface area contributed by atoms with Gasteiger partial charge in [-0.3, -0.25) is 4.79 Å². The molecule has 21 heavy (non-hydrogen) atoms. The molecule has 116 valence electrons. The number of benzene rings is 1. The Kier molecular flexibility index (Phi) is 6.35. The molecule has 8 heteroatoms. The highest BCUT2D eigenvalue weighted by atomic mass is 79.9. The third kappa shape index (κ3) is 6.26. The molecule has 1 aromatic carbocycles. The van der Waals surface area contributed by atoms with Crippen molar-refractivity contribution in [1.82, 2.24) is 5.32 Å². The summed E-state index contributed by atoms with van der Waals surface area (Å²) in [5.41, 5.74) is 0.359. The summed E-state index contributed by atoms with van der Waals surface area (Å²) in [6, 6.07) is 5.63. The number of amides is 1. The Labute approximate surface area is 131 Å². The maximum absolute atomic E-state index is 12.1. The molecule has 0 heterocycles. The van der Waals surface area contributed by atoms with Crippen molar-refractivity contribution in [2.45, 2.75) is 12.5 Å². The molecule has 0 saturated heterocycles. The number of esters is 1. The fourth-order valence-electron chi connectivity index (χ4n) is 1.59. The van der Waals surface area contributed by atoms with E-state index in [9.17, 15) is 18.0 Å². The highest BCUT2D eigenvalue weighted by Crippen LogP contribution is 2.12. The zero-order chi connectivity index (χ0) is 16.0. The van der Waals surface area contributed by atoms with Gasteiger partial charge in [0, 0.05) is 16.3 Å². The van der Waals surface area contributed by atoms with E-state index in [1.165, 1.54) is 7.11 Å². The van der Waals surface area contributed by atoms with Crippen LogP contribution < -0.4 is 5.32 Å². The molecule has 0 aliphatic rings. The smallest absolute Gasteiger partial charge is 0.328 e. The molecule has 0 spiro atoms. The van der Waals surface area contributed by atoms with Crippen LogP contribution in [-0.4, -0.2) is 45.5 Å². The van der Waals surface area contributed by atoms with Crippen molar-refractivity contribution in [1.29, 1.82) is 0 Å². The van der Waals surface area contributed by atoms with Crippen molar-refractivity contribution in [2.24, 2.45) is 0 Å². The molecule has 0 bridgehead atoms. The van der Waals surface area contributed by atoms with Gasteiger partial charge in [0.05, 0.1) is 12.9 Å². The van der Waals surface area contributed by atoms with Crippen LogP contribution in [0.2, 0.25) is 0 Å². The molecule has 1 rings (SSSR count). The number of ether oxygens (including phenoxy) is 1. The first-order valence-electron chi connectivity index (χ1n) is 6.05. The zero-order valence-electron chi connectivity index (χ0n) is 11.6. The number of carbonyl (C=O) groups excluding carboxylic acids is 2. The molecule has 0 aliphatic heterocycles. The van der Waals surface area contributed by atoms with E-state index in [0.717, 1.165) is 10.7 Å². The third-order valence-electron chi connectivity index (χ3n) is 2.66. The zero-order valence-corrected chi connectivity index (χ0v) is 14.0. The largest absolute Gasteiger partial charge is 0.467 e. The summed E-state index contributed by atoms with van der Waals surface area (Å²) in [5, 5.41) is 2.49. The first kappa shape index (κ1) is 17.6. The summed E-state index contributed by atoms with van der Waals surface area (Å²) in [6.45, 7) is 0. The van der Waals surface area contributed by atoms with Crippen molar-refractivity contribution < 1.29 is 22.7 Å². The lowest BCUT2D eigenvalue weighted by Crippen LogP contribution is -2.42. The van der Waals surface area contributed by atoms with E-state index in [1.807, 2.05) is 0 Å². The topological polar surface area (TPSA) is 89.5 Å². The highest BCUT2D eigenvalue weighted by Gasteiger charge is 2.23. The maximum atomic E-state index is 12.1. The molecule has 1 amide bonds. The summed E-state index contributed by atoms with van der Waals surface area (Å²) >= 11 is 3.25. The Morgan fingerprint density at radius 2 is 2.05 bits per heavy atom. The number of hydrogen-bond donors (Lipinski definition) is 1. The van der Waals surface area contributed by atoms with Gasteiger partial charge < -0.3 is 10.1 Å². The molecule has 0 aliphatic carbocycles. The third-order valence-corrected chi connectivity index (χ3v) is 4.13. The molecule has 6 nitrogen and oxygen atoms in total.